The van der Waals surface area contributed by atoms with Gasteiger partial charge in [0.2, 0.25) is 5.91 Å². The summed E-state index contributed by atoms with van der Waals surface area (Å²) in [5.74, 6) is -1.63. The number of amides is 2. The average molecular weight is 370 g/mol. The van der Waals surface area contributed by atoms with Crippen molar-refractivity contribution in [2.75, 3.05) is 13.2 Å². The number of hydrogen-bond acceptors (Lipinski definition) is 6. The molecule has 2 aromatic carbocycles. The predicted octanol–water partition coefficient (Wildman–Crippen LogP) is 1.01. The Kier molecular flexibility index (Phi) is 7.07. The molecular weight excluding hydrogens is 352 g/mol. The molecule has 0 aliphatic heterocycles. The van der Waals surface area contributed by atoms with Crippen LogP contribution in [0.3, 0.4) is 0 Å². The van der Waals surface area contributed by atoms with Gasteiger partial charge < -0.3 is 9.47 Å². The van der Waals surface area contributed by atoms with Gasteiger partial charge in [-0.15, -0.1) is 0 Å². The summed E-state index contributed by atoms with van der Waals surface area (Å²) >= 11 is 0. The van der Waals surface area contributed by atoms with Gasteiger partial charge >= 0.3 is 5.97 Å². The third kappa shape index (κ3) is 6.62. The lowest BCUT2D eigenvalue weighted by Crippen LogP contribution is -2.42. The molecule has 0 aromatic heterocycles. The van der Waals surface area contributed by atoms with Crippen LogP contribution in [0, 0.1) is 0 Å². The monoisotopic (exact) mass is 370 g/mol. The standard InChI is InChI=1S/C19H18N2O6/c1-13(22)20-21-17(23)11-27-18(24)12-26-16-9-7-15(8-10-16)19(25)14-5-3-2-4-6-14/h2-10H,11-12H2,1H3,(H,20,22)(H,21,23). The molecule has 2 N–H and O–H groups in total. The van der Waals surface area contributed by atoms with Crippen LogP contribution in [0.15, 0.2) is 54.6 Å². The minimum Gasteiger partial charge on any atom is -0.482 e. The molecule has 0 bridgehead atoms. The molecule has 0 unspecified atom stereocenters. The summed E-state index contributed by atoms with van der Waals surface area (Å²) in [6.45, 7) is 0.269. The van der Waals surface area contributed by atoms with E-state index < -0.39 is 31.0 Å². The van der Waals surface area contributed by atoms with E-state index in [1.807, 2.05) is 6.07 Å². The maximum atomic E-state index is 12.3. The Labute approximate surface area is 155 Å². The van der Waals surface area contributed by atoms with Crippen LogP contribution in [0.5, 0.6) is 5.75 Å². The van der Waals surface area contributed by atoms with Crippen molar-refractivity contribution < 1.29 is 28.7 Å². The minimum atomic E-state index is -0.752. The summed E-state index contributed by atoms with van der Waals surface area (Å²) in [4.78, 5) is 45.7. The number of ketones is 1. The molecule has 8 heteroatoms. The van der Waals surface area contributed by atoms with Crippen LogP contribution in [0.4, 0.5) is 0 Å². The van der Waals surface area contributed by atoms with Crippen molar-refractivity contribution in [3.63, 3.8) is 0 Å². The van der Waals surface area contributed by atoms with Gasteiger partial charge in [-0.25, -0.2) is 4.79 Å². The zero-order valence-electron chi connectivity index (χ0n) is 14.6. The second-order valence-corrected chi connectivity index (χ2v) is 5.40. The van der Waals surface area contributed by atoms with Crippen LogP contribution < -0.4 is 15.6 Å². The summed E-state index contributed by atoms with van der Waals surface area (Å²) in [6, 6.07) is 15.2. The van der Waals surface area contributed by atoms with Gasteiger partial charge in [-0.1, -0.05) is 30.3 Å². The van der Waals surface area contributed by atoms with E-state index in [4.69, 9.17) is 9.47 Å². The van der Waals surface area contributed by atoms with E-state index in [9.17, 15) is 19.2 Å². The molecule has 0 aliphatic carbocycles. The molecule has 0 spiro atoms. The largest absolute Gasteiger partial charge is 0.482 e. The summed E-state index contributed by atoms with van der Waals surface area (Å²) in [6.07, 6.45) is 0. The lowest BCUT2D eigenvalue weighted by Gasteiger charge is -2.08. The molecular formula is C19H18N2O6. The fourth-order valence-corrected chi connectivity index (χ4v) is 1.98. The number of nitrogens with one attached hydrogen (secondary N) is 2. The van der Waals surface area contributed by atoms with Gasteiger partial charge in [0.1, 0.15) is 5.75 Å². The molecule has 0 radical (unpaired) electrons. The molecule has 2 rings (SSSR count). The highest BCUT2D eigenvalue weighted by Gasteiger charge is 2.10. The van der Waals surface area contributed by atoms with E-state index in [1.165, 1.54) is 6.92 Å². The van der Waals surface area contributed by atoms with E-state index in [1.54, 1.807) is 48.5 Å². The van der Waals surface area contributed by atoms with Crippen molar-refractivity contribution in [3.8, 4) is 5.75 Å². The van der Waals surface area contributed by atoms with Crippen LogP contribution in [0.25, 0.3) is 0 Å². The summed E-state index contributed by atoms with van der Waals surface area (Å²) in [5, 5.41) is 0. The Balaban J connectivity index is 1.78. The molecule has 0 aliphatic rings. The van der Waals surface area contributed by atoms with Crippen LogP contribution in [0.1, 0.15) is 22.8 Å². The molecule has 2 amide bonds. The third-order valence-corrected chi connectivity index (χ3v) is 3.25. The first-order chi connectivity index (χ1) is 13.0. The Bertz CT molecular complexity index is 818. The molecule has 27 heavy (non-hydrogen) atoms. The van der Waals surface area contributed by atoms with Gasteiger partial charge in [0.25, 0.3) is 5.91 Å². The van der Waals surface area contributed by atoms with Gasteiger partial charge in [-0.3, -0.25) is 25.2 Å². The van der Waals surface area contributed by atoms with Gasteiger partial charge in [-0.05, 0) is 24.3 Å². The SMILES string of the molecule is CC(=O)NNC(=O)COC(=O)COc1ccc(C(=O)c2ccccc2)cc1. The fourth-order valence-electron chi connectivity index (χ4n) is 1.98. The maximum absolute atomic E-state index is 12.3. The molecule has 0 heterocycles. The maximum Gasteiger partial charge on any atom is 0.344 e. The average Bonchev–Trinajstić information content (AvgIpc) is 2.69. The highest BCUT2D eigenvalue weighted by atomic mass is 16.6. The highest BCUT2D eigenvalue weighted by Crippen LogP contribution is 2.15. The Morgan fingerprint density at radius 2 is 1.44 bits per heavy atom. The first-order valence-corrected chi connectivity index (χ1v) is 7.99. The minimum absolute atomic E-state index is 0.119. The lowest BCUT2D eigenvalue weighted by atomic mass is 10.0. The summed E-state index contributed by atoms with van der Waals surface area (Å²) in [5.41, 5.74) is 5.19. The number of ether oxygens (including phenoxy) is 2. The van der Waals surface area contributed by atoms with Crippen molar-refractivity contribution in [2.45, 2.75) is 6.92 Å². The number of hydrazine groups is 1. The van der Waals surface area contributed by atoms with Crippen molar-refractivity contribution in [3.05, 3.63) is 65.7 Å². The van der Waals surface area contributed by atoms with E-state index in [2.05, 4.69) is 10.9 Å². The first kappa shape index (κ1) is 19.6. The van der Waals surface area contributed by atoms with Crippen LogP contribution in [-0.2, 0) is 19.1 Å². The highest BCUT2D eigenvalue weighted by molar-refractivity contribution is 6.08. The van der Waals surface area contributed by atoms with Gasteiger partial charge in [0.05, 0.1) is 0 Å². The topological polar surface area (TPSA) is 111 Å². The second-order valence-electron chi connectivity index (χ2n) is 5.40. The van der Waals surface area contributed by atoms with Gasteiger partial charge in [0.15, 0.2) is 19.0 Å². The van der Waals surface area contributed by atoms with Crippen molar-refractivity contribution in [1.29, 1.82) is 0 Å². The van der Waals surface area contributed by atoms with E-state index in [0.717, 1.165) is 0 Å². The summed E-state index contributed by atoms with van der Waals surface area (Å²) in [7, 11) is 0. The third-order valence-electron chi connectivity index (χ3n) is 3.25. The van der Waals surface area contributed by atoms with E-state index in [-0.39, 0.29) is 5.78 Å². The van der Waals surface area contributed by atoms with E-state index >= 15 is 0 Å². The number of carbonyl (C=O) groups excluding carboxylic acids is 4. The Morgan fingerprint density at radius 3 is 2.07 bits per heavy atom. The zero-order chi connectivity index (χ0) is 19.6. The first-order valence-electron chi connectivity index (χ1n) is 7.99. The van der Waals surface area contributed by atoms with Gasteiger partial charge in [-0.2, -0.15) is 0 Å². The van der Waals surface area contributed by atoms with Crippen molar-refractivity contribution >= 4 is 23.6 Å². The molecule has 0 fully saturated rings. The number of esters is 1. The Hall–Kier alpha value is -3.68. The molecule has 2 aromatic rings. The molecule has 0 saturated heterocycles. The number of benzene rings is 2. The smallest absolute Gasteiger partial charge is 0.344 e. The van der Waals surface area contributed by atoms with Gasteiger partial charge in [0, 0.05) is 18.1 Å². The second kappa shape index (κ2) is 9.71. The Morgan fingerprint density at radius 1 is 0.815 bits per heavy atom. The molecule has 0 saturated carbocycles. The number of carbonyl (C=O) groups is 4. The number of rotatable bonds is 7. The van der Waals surface area contributed by atoms with Crippen molar-refractivity contribution in [1.82, 2.24) is 10.9 Å². The molecule has 0 atom stereocenters. The van der Waals surface area contributed by atoms with E-state index in [0.29, 0.717) is 16.9 Å². The van der Waals surface area contributed by atoms with Crippen LogP contribution >= 0.6 is 0 Å². The lowest BCUT2D eigenvalue weighted by molar-refractivity contribution is -0.150. The molecule has 8 nitrogen and oxygen atoms in total. The quantitative estimate of drug-likeness (QED) is 0.427. The zero-order valence-corrected chi connectivity index (χ0v) is 14.6. The number of hydrogen-bond donors (Lipinski definition) is 2. The summed E-state index contributed by atoms with van der Waals surface area (Å²) < 4.78 is 9.95. The molecule has 140 valence electrons. The normalized spacial score (nSPS) is 9.81. The van der Waals surface area contributed by atoms with Crippen molar-refractivity contribution in [2.24, 2.45) is 0 Å². The van der Waals surface area contributed by atoms with Crippen LogP contribution in [0.2, 0.25) is 0 Å². The van der Waals surface area contributed by atoms with Crippen LogP contribution in [-0.4, -0.2) is 36.8 Å². The fraction of sp³-hybridized carbons (Fsp3) is 0.158. The predicted molar refractivity (Wildman–Crippen MR) is 94.7 cm³/mol.